The Morgan fingerprint density at radius 3 is 2.56 bits per heavy atom. The number of rotatable bonds is 1. The Bertz CT molecular complexity index is 506. The highest BCUT2D eigenvalue weighted by Gasteiger charge is 2.41. The van der Waals surface area contributed by atoms with Gasteiger partial charge in [0.25, 0.3) is 11.8 Å². The topological polar surface area (TPSA) is 20.3 Å². The molecular formula is C11H8BrF4NO. The average Bonchev–Trinajstić information content (AvgIpc) is 2.65. The first kappa shape index (κ1) is 13.3. The lowest BCUT2D eigenvalue weighted by Gasteiger charge is -2.17. The summed E-state index contributed by atoms with van der Waals surface area (Å²) in [5, 5.41) is 0. The molecule has 0 aliphatic carbocycles. The lowest BCUT2D eigenvalue weighted by molar-refractivity contribution is 0.0118. The van der Waals surface area contributed by atoms with Crippen LogP contribution in [0.4, 0.5) is 17.6 Å². The van der Waals surface area contributed by atoms with E-state index < -0.39 is 42.0 Å². The highest BCUT2D eigenvalue weighted by atomic mass is 79.9. The van der Waals surface area contributed by atoms with Gasteiger partial charge in [0.2, 0.25) is 0 Å². The van der Waals surface area contributed by atoms with E-state index in [1.807, 2.05) is 0 Å². The Morgan fingerprint density at radius 2 is 2.00 bits per heavy atom. The van der Waals surface area contributed by atoms with Gasteiger partial charge in [0.05, 0.1) is 11.0 Å². The Labute approximate surface area is 109 Å². The Kier molecular flexibility index (Phi) is 3.35. The van der Waals surface area contributed by atoms with Crippen molar-refractivity contribution in [1.82, 2.24) is 4.90 Å². The van der Waals surface area contributed by atoms with Crippen LogP contribution in [0.25, 0.3) is 0 Å². The van der Waals surface area contributed by atoms with E-state index in [1.54, 1.807) is 0 Å². The molecule has 1 aliphatic rings. The van der Waals surface area contributed by atoms with Gasteiger partial charge in [-0.15, -0.1) is 0 Å². The molecule has 1 aromatic carbocycles. The smallest absolute Gasteiger partial charge is 0.267 e. The molecule has 1 aromatic rings. The number of nitrogens with zero attached hydrogens (tertiary/aromatic N) is 1. The van der Waals surface area contributed by atoms with Crippen LogP contribution in [-0.4, -0.2) is 29.8 Å². The minimum absolute atomic E-state index is 0.0850. The molecule has 1 saturated heterocycles. The molecule has 0 saturated carbocycles. The zero-order chi connectivity index (χ0) is 13.5. The van der Waals surface area contributed by atoms with Crippen LogP contribution >= 0.6 is 15.9 Å². The number of benzene rings is 1. The molecule has 18 heavy (non-hydrogen) atoms. The van der Waals surface area contributed by atoms with Crippen molar-refractivity contribution in [2.24, 2.45) is 0 Å². The SMILES string of the molecule is O=C(c1c(F)ccc(Br)c1F)N1CCC(F)(F)C1. The van der Waals surface area contributed by atoms with E-state index in [0.717, 1.165) is 17.0 Å². The maximum Gasteiger partial charge on any atom is 0.267 e. The quantitative estimate of drug-likeness (QED) is 0.573. The van der Waals surface area contributed by atoms with Crippen molar-refractivity contribution in [2.45, 2.75) is 12.3 Å². The van der Waals surface area contributed by atoms with Gasteiger partial charge in [0.1, 0.15) is 11.4 Å². The van der Waals surface area contributed by atoms with Crippen LogP contribution in [0, 0.1) is 11.6 Å². The number of amides is 1. The molecule has 1 fully saturated rings. The molecule has 98 valence electrons. The second-order valence-corrected chi connectivity index (χ2v) is 4.91. The van der Waals surface area contributed by atoms with Gasteiger partial charge in [-0.3, -0.25) is 4.79 Å². The Morgan fingerprint density at radius 1 is 1.33 bits per heavy atom. The first-order chi connectivity index (χ1) is 8.32. The highest BCUT2D eigenvalue weighted by molar-refractivity contribution is 9.10. The zero-order valence-electron chi connectivity index (χ0n) is 9.02. The average molecular weight is 326 g/mol. The molecule has 0 bridgehead atoms. The second-order valence-electron chi connectivity index (χ2n) is 4.05. The minimum Gasteiger partial charge on any atom is -0.332 e. The van der Waals surface area contributed by atoms with Crippen LogP contribution in [0.3, 0.4) is 0 Å². The van der Waals surface area contributed by atoms with Gasteiger partial charge >= 0.3 is 0 Å². The Hall–Kier alpha value is -1.11. The van der Waals surface area contributed by atoms with Crippen molar-refractivity contribution in [2.75, 3.05) is 13.1 Å². The first-order valence-corrected chi connectivity index (χ1v) is 5.92. The van der Waals surface area contributed by atoms with Crippen LogP contribution in [0.15, 0.2) is 16.6 Å². The van der Waals surface area contributed by atoms with Crippen LogP contribution in [-0.2, 0) is 0 Å². The molecule has 2 nitrogen and oxygen atoms in total. The minimum atomic E-state index is -2.99. The van der Waals surface area contributed by atoms with Crippen molar-refractivity contribution >= 4 is 21.8 Å². The Balaban J connectivity index is 2.33. The summed E-state index contributed by atoms with van der Waals surface area (Å²) in [5.41, 5.74) is -0.804. The highest BCUT2D eigenvalue weighted by Crippen LogP contribution is 2.30. The number of hydrogen-bond donors (Lipinski definition) is 0. The van der Waals surface area contributed by atoms with E-state index in [1.165, 1.54) is 0 Å². The predicted molar refractivity (Wildman–Crippen MR) is 59.5 cm³/mol. The van der Waals surface area contributed by atoms with Crippen LogP contribution in [0.5, 0.6) is 0 Å². The zero-order valence-corrected chi connectivity index (χ0v) is 10.6. The summed E-state index contributed by atoms with van der Waals surface area (Å²) >= 11 is 2.82. The monoisotopic (exact) mass is 325 g/mol. The predicted octanol–water partition coefficient (Wildman–Crippen LogP) is 3.21. The third-order valence-electron chi connectivity index (χ3n) is 2.71. The molecule has 1 amide bonds. The van der Waals surface area contributed by atoms with Crippen LogP contribution in [0.1, 0.15) is 16.8 Å². The largest absolute Gasteiger partial charge is 0.332 e. The summed E-state index contributed by atoms with van der Waals surface area (Å²) in [5.74, 6) is -6.18. The second kappa shape index (κ2) is 4.53. The summed E-state index contributed by atoms with van der Waals surface area (Å²) in [6, 6.07) is 2.02. The molecule has 0 radical (unpaired) electrons. The lowest BCUT2D eigenvalue weighted by Crippen LogP contribution is -2.32. The standard InChI is InChI=1S/C11H8BrF4NO/c12-6-1-2-7(13)8(9(6)14)10(18)17-4-3-11(15,16)5-17/h1-2H,3-5H2. The molecule has 1 heterocycles. The van der Waals surface area contributed by atoms with Crippen molar-refractivity contribution < 1.29 is 22.4 Å². The van der Waals surface area contributed by atoms with Crippen molar-refractivity contribution in [3.8, 4) is 0 Å². The van der Waals surface area contributed by atoms with Crippen LogP contribution < -0.4 is 0 Å². The van der Waals surface area contributed by atoms with Crippen molar-refractivity contribution in [3.63, 3.8) is 0 Å². The molecule has 7 heteroatoms. The van der Waals surface area contributed by atoms with E-state index >= 15 is 0 Å². The van der Waals surface area contributed by atoms with Crippen LogP contribution in [0.2, 0.25) is 0 Å². The summed E-state index contributed by atoms with van der Waals surface area (Å²) in [6.07, 6.45) is -0.490. The maximum absolute atomic E-state index is 13.6. The fraction of sp³-hybridized carbons (Fsp3) is 0.364. The summed E-state index contributed by atoms with van der Waals surface area (Å²) in [7, 11) is 0. The molecule has 0 unspecified atom stereocenters. The van der Waals surface area contributed by atoms with E-state index in [0.29, 0.717) is 0 Å². The number of likely N-dealkylation sites (tertiary alicyclic amines) is 1. The number of alkyl halides is 2. The lowest BCUT2D eigenvalue weighted by atomic mass is 10.1. The van der Waals surface area contributed by atoms with E-state index in [4.69, 9.17) is 0 Å². The summed E-state index contributed by atoms with van der Waals surface area (Å²) in [6.45, 7) is -1.02. The molecular weight excluding hydrogens is 318 g/mol. The molecule has 0 N–H and O–H groups in total. The fourth-order valence-corrected chi connectivity index (χ4v) is 2.12. The van der Waals surface area contributed by atoms with Gasteiger partial charge in [-0.2, -0.15) is 0 Å². The van der Waals surface area contributed by atoms with Gasteiger partial charge in [-0.05, 0) is 28.1 Å². The van der Waals surface area contributed by atoms with E-state index in [2.05, 4.69) is 15.9 Å². The van der Waals surface area contributed by atoms with E-state index in [-0.39, 0.29) is 11.0 Å². The number of halogens is 5. The van der Waals surface area contributed by atoms with Gasteiger partial charge in [-0.25, -0.2) is 17.6 Å². The van der Waals surface area contributed by atoms with Crippen molar-refractivity contribution in [1.29, 1.82) is 0 Å². The maximum atomic E-state index is 13.6. The normalized spacial score (nSPS) is 18.2. The number of carbonyl (C=O) groups excluding carboxylic acids is 1. The fourth-order valence-electron chi connectivity index (χ4n) is 1.79. The van der Waals surface area contributed by atoms with Gasteiger partial charge in [0.15, 0.2) is 5.82 Å². The third-order valence-corrected chi connectivity index (χ3v) is 3.33. The summed E-state index contributed by atoms with van der Waals surface area (Å²) < 4.78 is 52.9. The van der Waals surface area contributed by atoms with Gasteiger partial charge < -0.3 is 4.90 Å². The molecule has 0 spiro atoms. The summed E-state index contributed by atoms with van der Waals surface area (Å²) in [4.78, 5) is 12.6. The molecule has 1 aliphatic heterocycles. The first-order valence-electron chi connectivity index (χ1n) is 5.12. The van der Waals surface area contributed by atoms with E-state index in [9.17, 15) is 22.4 Å². The van der Waals surface area contributed by atoms with Gasteiger partial charge in [0, 0.05) is 13.0 Å². The van der Waals surface area contributed by atoms with Gasteiger partial charge in [-0.1, -0.05) is 0 Å². The van der Waals surface area contributed by atoms with Crippen molar-refractivity contribution in [3.05, 3.63) is 33.8 Å². The number of carbonyl (C=O) groups is 1. The third kappa shape index (κ3) is 2.36. The molecule has 0 aromatic heterocycles. The number of hydrogen-bond acceptors (Lipinski definition) is 1. The molecule has 0 atom stereocenters. The molecule has 2 rings (SSSR count).